The summed E-state index contributed by atoms with van der Waals surface area (Å²) in [6, 6.07) is 10.2. The van der Waals surface area contributed by atoms with Crippen molar-refractivity contribution in [2.45, 2.75) is 52.6 Å². The van der Waals surface area contributed by atoms with Gasteiger partial charge in [0.15, 0.2) is 5.82 Å². The van der Waals surface area contributed by atoms with Crippen molar-refractivity contribution < 1.29 is 13.6 Å². The summed E-state index contributed by atoms with van der Waals surface area (Å²) in [6.45, 7) is 5.19. The van der Waals surface area contributed by atoms with Gasteiger partial charge in [-0.15, -0.1) is 10.2 Å². The third kappa shape index (κ3) is 4.08. The van der Waals surface area contributed by atoms with E-state index in [1.165, 1.54) is 6.07 Å². The Morgan fingerprint density at radius 2 is 2.03 bits per heavy atom. The van der Waals surface area contributed by atoms with E-state index in [2.05, 4.69) is 15.5 Å². The van der Waals surface area contributed by atoms with Crippen LogP contribution in [0.4, 0.5) is 10.1 Å². The van der Waals surface area contributed by atoms with Gasteiger partial charge in [-0.05, 0) is 63.1 Å². The molecule has 0 saturated carbocycles. The minimum atomic E-state index is -0.385. The Hall–Kier alpha value is -3.68. The number of anilines is 1. The molecule has 4 aromatic rings. The lowest BCUT2D eigenvalue weighted by molar-refractivity contribution is 0.102. The lowest BCUT2D eigenvalue weighted by atomic mass is 10.1. The number of halogens is 1. The van der Waals surface area contributed by atoms with Gasteiger partial charge in [0.05, 0.1) is 23.9 Å². The van der Waals surface area contributed by atoms with Crippen molar-refractivity contribution in [1.82, 2.24) is 19.3 Å². The highest BCUT2D eigenvalue weighted by Gasteiger charge is 2.21. The van der Waals surface area contributed by atoms with E-state index < -0.39 is 0 Å². The average Bonchev–Trinajstić information content (AvgIpc) is 3.48. The van der Waals surface area contributed by atoms with Crippen molar-refractivity contribution in [3.63, 3.8) is 0 Å². The first kappa shape index (κ1) is 21.2. The van der Waals surface area contributed by atoms with Crippen LogP contribution in [0.1, 0.15) is 52.6 Å². The van der Waals surface area contributed by atoms with Crippen molar-refractivity contribution in [2.75, 3.05) is 5.32 Å². The monoisotopic (exact) mass is 447 g/mol. The van der Waals surface area contributed by atoms with Crippen molar-refractivity contribution in [1.29, 1.82) is 0 Å². The van der Waals surface area contributed by atoms with Crippen molar-refractivity contribution in [3.05, 3.63) is 77.0 Å². The number of nitrogens with zero attached hydrogens (tertiary/aromatic N) is 4. The second kappa shape index (κ2) is 8.69. The molecule has 1 aliphatic rings. The number of rotatable bonds is 5. The van der Waals surface area contributed by atoms with Gasteiger partial charge in [-0.25, -0.2) is 4.39 Å². The topological polar surface area (TPSA) is 77.9 Å². The maximum atomic E-state index is 14.8. The molecule has 0 radical (unpaired) electrons. The number of aryl methyl sites for hydroxylation is 2. The fourth-order valence-electron chi connectivity index (χ4n) is 4.49. The first-order valence-electron chi connectivity index (χ1n) is 11.2. The van der Waals surface area contributed by atoms with Crippen LogP contribution in [-0.2, 0) is 19.5 Å². The first-order chi connectivity index (χ1) is 16.0. The number of amides is 1. The molecule has 1 N–H and O–H groups in total. The van der Waals surface area contributed by atoms with Gasteiger partial charge >= 0.3 is 0 Å². The largest absolute Gasteiger partial charge is 0.467 e. The molecule has 0 saturated heterocycles. The predicted molar refractivity (Wildman–Crippen MR) is 123 cm³/mol. The molecule has 0 spiro atoms. The summed E-state index contributed by atoms with van der Waals surface area (Å²) < 4.78 is 24.2. The second-order valence-corrected chi connectivity index (χ2v) is 8.50. The van der Waals surface area contributed by atoms with Gasteiger partial charge in [0.2, 0.25) is 0 Å². The number of furan rings is 1. The lowest BCUT2D eigenvalue weighted by Gasteiger charge is -2.11. The van der Waals surface area contributed by atoms with Crippen LogP contribution in [-0.4, -0.2) is 25.2 Å². The van der Waals surface area contributed by atoms with Crippen molar-refractivity contribution >= 4 is 11.6 Å². The Labute approximate surface area is 191 Å². The minimum absolute atomic E-state index is 0.244. The molecule has 1 aliphatic heterocycles. The summed E-state index contributed by atoms with van der Waals surface area (Å²) in [4.78, 5) is 13.1. The van der Waals surface area contributed by atoms with Crippen LogP contribution in [0.25, 0.3) is 11.4 Å². The molecule has 4 heterocycles. The summed E-state index contributed by atoms with van der Waals surface area (Å²) in [5.41, 5.74) is 3.22. The highest BCUT2D eigenvalue weighted by atomic mass is 19.1. The molecule has 5 rings (SSSR count). The quantitative estimate of drug-likeness (QED) is 0.460. The first-order valence-corrected chi connectivity index (χ1v) is 11.2. The van der Waals surface area contributed by atoms with Crippen molar-refractivity contribution in [3.8, 4) is 11.4 Å². The summed E-state index contributed by atoms with van der Waals surface area (Å²) >= 11 is 0. The van der Waals surface area contributed by atoms with Gasteiger partial charge in [0.25, 0.3) is 5.91 Å². The Kier molecular flexibility index (Phi) is 5.58. The molecule has 8 heteroatoms. The van der Waals surface area contributed by atoms with Crippen LogP contribution in [0.15, 0.2) is 47.1 Å². The van der Waals surface area contributed by atoms with Gasteiger partial charge < -0.3 is 18.9 Å². The Bertz CT molecular complexity index is 1300. The van der Waals surface area contributed by atoms with E-state index in [9.17, 15) is 9.18 Å². The van der Waals surface area contributed by atoms with E-state index in [-0.39, 0.29) is 11.7 Å². The van der Waals surface area contributed by atoms with Crippen LogP contribution in [0.2, 0.25) is 0 Å². The molecule has 170 valence electrons. The van der Waals surface area contributed by atoms with Crippen molar-refractivity contribution in [2.24, 2.45) is 0 Å². The molecule has 7 nitrogen and oxygen atoms in total. The zero-order valence-electron chi connectivity index (χ0n) is 18.8. The standard InChI is InChI=1S/C25H26FN5O2/c1-16-13-20(17(2)31(16)15-19-7-6-12-33-19)25(32)27-18-9-10-22(26)21(14-18)24-29-28-23-8-4-3-5-11-30(23)24/h6-7,9-10,12-14H,3-5,8,11,15H2,1-2H3,(H,27,32). The summed E-state index contributed by atoms with van der Waals surface area (Å²) in [6.07, 6.45) is 5.69. The predicted octanol–water partition coefficient (Wildman–Crippen LogP) is 5.12. The third-order valence-electron chi connectivity index (χ3n) is 6.29. The summed E-state index contributed by atoms with van der Waals surface area (Å²) in [5.74, 6) is 1.59. The van der Waals surface area contributed by atoms with E-state index in [0.29, 0.717) is 29.2 Å². The van der Waals surface area contributed by atoms with Gasteiger partial charge in [-0.3, -0.25) is 4.79 Å². The molecule has 0 unspecified atom stereocenters. The molecule has 1 amide bonds. The molecule has 33 heavy (non-hydrogen) atoms. The SMILES string of the molecule is Cc1cc(C(=O)Nc2ccc(F)c(-c3nnc4n3CCCCC4)c2)c(C)n1Cc1ccco1. The van der Waals surface area contributed by atoms with Gasteiger partial charge in [0.1, 0.15) is 17.4 Å². The number of nitrogens with one attached hydrogen (secondary N) is 1. The number of fused-ring (bicyclic) bond motifs is 1. The summed E-state index contributed by atoms with van der Waals surface area (Å²) in [7, 11) is 0. The third-order valence-corrected chi connectivity index (χ3v) is 6.29. The van der Waals surface area contributed by atoms with Crippen LogP contribution in [0, 0.1) is 19.7 Å². The fourth-order valence-corrected chi connectivity index (χ4v) is 4.49. The molecule has 0 aliphatic carbocycles. The second-order valence-electron chi connectivity index (χ2n) is 8.50. The van der Waals surface area contributed by atoms with E-state index in [0.717, 1.165) is 55.2 Å². The van der Waals surface area contributed by atoms with E-state index in [1.807, 2.05) is 41.2 Å². The van der Waals surface area contributed by atoms with Crippen LogP contribution >= 0.6 is 0 Å². The molecule has 0 atom stereocenters. The number of aromatic nitrogens is 4. The molecule has 0 bridgehead atoms. The van der Waals surface area contributed by atoms with Gasteiger partial charge in [-0.1, -0.05) is 6.42 Å². The van der Waals surface area contributed by atoms with Crippen LogP contribution in [0.3, 0.4) is 0 Å². The molecule has 0 fully saturated rings. The van der Waals surface area contributed by atoms with Gasteiger partial charge in [-0.2, -0.15) is 0 Å². The molecule has 1 aromatic carbocycles. The molecule has 3 aromatic heterocycles. The van der Waals surface area contributed by atoms with E-state index in [4.69, 9.17) is 4.42 Å². The maximum absolute atomic E-state index is 14.8. The fraction of sp³-hybridized carbons (Fsp3) is 0.320. The molecular weight excluding hydrogens is 421 g/mol. The number of benzene rings is 1. The number of carbonyl (C=O) groups is 1. The summed E-state index contributed by atoms with van der Waals surface area (Å²) in [5, 5.41) is 11.5. The molecular formula is C25H26FN5O2. The normalized spacial score (nSPS) is 13.5. The number of hydrogen-bond acceptors (Lipinski definition) is 4. The van der Waals surface area contributed by atoms with Gasteiger partial charge in [0, 0.05) is 30.0 Å². The number of hydrogen-bond donors (Lipinski definition) is 1. The zero-order valence-corrected chi connectivity index (χ0v) is 18.8. The van der Waals surface area contributed by atoms with Crippen LogP contribution < -0.4 is 5.32 Å². The van der Waals surface area contributed by atoms with E-state index >= 15 is 0 Å². The minimum Gasteiger partial charge on any atom is -0.467 e. The Morgan fingerprint density at radius 3 is 2.85 bits per heavy atom. The van der Waals surface area contributed by atoms with E-state index in [1.54, 1.807) is 18.4 Å². The highest BCUT2D eigenvalue weighted by Crippen LogP contribution is 2.28. The highest BCUT2D eigenvalue weighted by molar-refractivity contribution is 6.05. The van der Waals surface area contributed by atoms with Crippen LogP contribution in [0.5, 0.6) is 0 Å². The number of carbonyl (C=O) groups excluding carboxylic acids is 1. The smallest absolute Gasteiger partial charge is 0.257 e. The Morgan fingerprint density at radius 1 is 1.15 bits per heavy atom. The zero-order chi connectivity index (χ0) is 22.9. The Balaban J connectivity index is 1.41. The maximum Gasteiger partial charge on any atom is 0.257 e. The lowest BCUT2D eigenvalue weighted by Crippen LogP contribution is -2.14. The average molecular weight is 448 g/mol.